The van der Waals surface area contributed by atoms with Crippen molar-refractivity contribution in [3.05, 3.63) is 48.0 Å². The number of hydrogen-bond donors (Lipinski definition) is 2. The molecule has 6 heteroatoms. The second kappa shape index (κ2) is 6.93. The summed E-state index contributed by atoms with van der Waals surface area (Å²) in [5.41, 5.74) is 1.89. The smallest absolute Gasteiger partial charge is 0.412 e. The average molecular weight is 342 g/mol. The summed E-state index contributed by atoms with van der Waals surface area (Å²) in [6, 6.07) is 13.3. The van der Waals surface area contributed by atoms with Crippen LogP contribution in [0.3, 0.4) is 0 Å². The van der Waals surface area contributed by atoms with Crippen LogP contribution < -0.4 is 20.1 Å². The van der Waals surface area contributed by atoms with Crippen LogP contribution in [0.5, 0.6) is 11.5 Å². The maximum absolute atomic E-state index is 12.0. The first-order chi connectivity index (χ1) is 11.9. The normalized spacial score (nSPS) is 12.6. The topological polar surface area (TPSA) is 68.8 Å². The van der Waals surface area contributed by atoms with Crippen LogP contribution >= 0.6 is 0 Å². The van der Waals surface area contributed by atoms with E-state index >= 15 is 0 Å². The number of hydrogen-bond acceptors (Lipinski definition) is 5. The van der Waals surface area contributed by atoms with Crippen molar-refractivity contribution in [3.8, 4) is 11.5 Å². The van der Waals surface area contributed by atoms with Crippen molar-refractivity contribution in [2.24, 2.45) is 0 Å². The van der Waals surface area contributed by atoms with E-state index in [-0.39, 0.29) is 6.79 Å². The largest absolute Gasteiger partial charge is 0.454 e. The first-order valence-electron chi connectivity index (χ1n) is 8.13. The van der Waals surface area contributed by atoms with E-state index in [1.54, 1.807) is 0 Å². The lowest BCUT2D eigenvalue weighted by atomic mass is 10.1. The summed E-state index contributed by atoms with van der Waals surface area (Å²) >= 11 is 0. The first-order valence-corrected chi connectivity index (χ1v) is 8.13. The van der Waals surface area contributed by atoms with Crippen molar-refractivity contribution in [3.63, 3.8) is 0 Å². The van der Waals surface area contributed by atoms with Gasteiger partial charge in [0.2, 0.25) is 6.79 Å². The zero-order chi connectivity index (χ0) is 17.9. The highest BCUT2D eigenvalue weighted by atomic mass is 16.7. The van der Waals surface area contributed by atoms with Crippen molar-refractivity contribution >= 4 is 17.5 Å². The average Bonchev–Trinajstić information content (AvgIpc) is 3.01. The van der Waals surface area contributed by atoms with Gasteiger partial charge in [0.25, 0.3) is 0 Å². The zero-order valence-corrected chi connectivity index (χ0v) is 14.6. The Hall–Kier alpha value is -2.89. The Labute approximate surface area is 147 Å². The molecule has 0 saturated carbocycles. The molecule has 0 aromatic heterocycles. The molecule has 0 bridgehead atoms. The second-order valence-corrected chi connectivity index (χ2v) is 6.68. The van der Waals surface area contributed by atoms with E-state index in [1.165, 1.54) is 0 Å². The van der Waals surface area contributed by atoms with Gasteiger partial charge in [0.1, 0.15) is 5.60 Å². The fourth-order valence-corrected chi connectivity index (χ4v) is 2.48. The summed E-state index contributed by atoms with van der Waals surface area (Å²) in [4.78, 5) is 12.0. The van der Waals surface area contributed by atoms with Gasteiger partial charge in [0.05, 0.1) is 11.4 Å². The van der Waals surface area contributed by atoms with E-state index in [4.69, 9.17) is 14.2 Å². The Morgan fingerprint density at radius 1 is 1.08 bits per heavy atom. The molecule has 3 rings (SSSR count). The van der Waals surface area contributed by atoms with Crippen LogP contribution in [0.2, 0.25) is 0 Å². The quantitative estimate of drug-likeness (QED) is 0.863. The molecule has 0 radical (unpaired) electrons. The van der Waals surface area contributed by atoms with Gasteiger partial charge < -0.3 is 19.5 Å². The van der Waals surface area contributed by atoms with Gasteiger partial charge in [-0.1, -0.05) is 24.3 Å². The molecule has 132 valence electrons. The summed E-state index contributed by atoms with van der Waals surface area (Å²) in [5.74, 6) is 1.51. The number of benzene rings is 2. The number of anilines is 2. The number of ether oxygens (including phenoxy) is 3. The molecule has 0 aliphatic carbocycles. The third-order valence-corrected chi connectivity index (χ3v) is 3.51. The van der Waals surface area contributed by atoms with Crippen LogP contribution in [0, 0.1) is 0 Å². The monoisotopic (exact) mass is 342 g/mol. The minimum Gasteiger partial charge on any atom is -0.454 e. The zero-order valence-electron chi connectivity index (χ0n) is 14.6. The Kier molecular flexibility index (Phi) is 4.70. The predicted molar refractivity (Wildman–Crippen MR) is 96.2 cm³/mol. The maximum Gasteiger partial charge on any atom is 0.412 e. The number of fused-ring (bicyclic) bond motifs is 1. The Balaban J connectivity index is 1.70. The van der Waals surface area contributed by atoms with Gasteiger partial charge in [0, 0.05) is 12.1 Å². The number of nitrogens with one attached hydrogen (secondary N) is 2. The number of amides is 1. The van der Waals surface area contributed by atoms with E-state index in [2.05, 4.69) is 10.6 Å². The molecule has 2 aromatic carbocycles. The molecule has 0 fully saturated rings. The highest BCUT2D eigenvalue weighted by Crippen LogP contribution is 2.36. The molecule has 0 atom stereocenters. The van der Waals surface area contributed by atoms with Gasteiger partial charge in [0.15, 0.2) is 11.5 Å². The molecular formula is C19H22N2O4. The second-order valence-electron chi connectivity index (χ2n) is 6.68. The van der Waals surface area contributed by atoms with Crippen LogP contribution in [0.4, 0.5) is 16.2 Å². The molecule has 0 spiro atoms. The van der Waals surface area contributed by atoms with Crippen molar-refractivity contribution in [1.29, 1.82) is 0 Å². The van der Waals surface area contributed by atoms with Crippen LogP contribution in [0.1, 0.15) is 26.3 Å². The molecule has 0 unspecified atom stereocenters. The van der Waals surface area contributed by atoms with Crippen LogP contribution in [-0.2, 0) is 11.3 Å². The predicted octanol–water partition coefficient (Wildman–Crippen LogP) is 4.37. The summed E-state index contributed by atoms with van der Waals surface area (Å²) in [6.07, 6.45) is -0.487. The van der Waals surface area contributed by atoms with Gasteiger partial charge in [-0.15, -0.1) is 0 Å². The summed E-state index contributed by atoms with van der Waals surface area (Å²) < 4.78 is 16.2. The standard InChI is InChI=1S/C19H22N2O4/c1-19(2,3)25-18(22)21-15-9-5-4-8-14(15)20-11-13-7-6-10-16-17(13)24-12-23-16/h4-10,20H,11-12H2,1-3H3,(H,21,22). The molecule has 25 heavy (non-hydrogen) atoms. The van der Waals surface area contributed by atoms with E-state index in [0.29, 0.717) is 12.2 Å². The molecule has 1 aliphatic heterocycles. The van der Waals surface area contributed by atoms with Gasteiger partial charge >= 0.3 is 6.09 Å². The highest BCUT2D eigenvalue weighted by Gasteiger charge is 2.18. The van der Waals surface area contributed by atoms with Crippen LogP contribution in [-0.4, -0.2) is 18.5 Å². The van der Waals surface area contributed by atoms with Gasteiger partial charge in [-0.3, -0.25) is 5.32 Å². The molecule has 2 aromatic rings. The molecule has 6 nitrogen and oxygen atoms in total. The Morgan fingerprint density at radius 3 is 2.60 bits per heavy atom. The van der Waals surface area contributed by atoms with Gasteiger partial charge in [-0.05, 0) is 39.0 Å². The first kappa shape index (κ1) is 17.0. The molecule has 1 heterocycles. The van der Waals surface area contributed by atoms with Crippen molar-refractivity contribution < 1.29 is 19.0 Å². The summed E-state index contributed by atoms with van der Waals surface area (Å²) in [5, 5.41) is 6.10. The lowest BCUT2D eigenvalue weighted by molar-refractivity contribution is 0.0636. The molecule has 2 N–H and O–H groups in total. The van der Waals surface area contributed by atoms with Crippen molar-refractivity contribution in [2.45, 2.75) is 32.9 Å². The maximum atomic E-state index is 12.0. The van der Waals surface area contributed by atoms with Crippen molar-refractivity contribution in [1.82, 2.24) is 0 Å². The number of carbonyl (C=O) groups is 1. The third-order valence-electron chi connectivity index (χ3n) is 3.51. The SMILES string of the molecule is CC(C)(C)OC(=O)Nc1ccccc1NCc1cccc2c1OCO2. The van der Waals surface area contributed by atoms with Gasteiger partial charge in [-0.25, -0.2) is 4.79 Å². The highest BCUT2D eigenvalue weighted by molar-refractivity contribution is 5.89. The van der Waals surface area contributed by atoms with Gasteiger partial charge in [-0.2, -0.15) is 0 Å². The van der Waals surface area contributed by atoms with Crippen LogP contribution in [0.15, 0.2) is 42.5 Å². The fourth-order valence-electron chi connectivity index (χ4n) is 2.48. The number of carbonyl (C=O) groups excluding carboxylic acids is 1. The fraction of sp³-hybridized carbons (Fsp3) is 0.316. The van der Waals surface area contributed by atoms with E-state index in [0.717, 1.165) is 22.7 Å². The van der Waals surface area contributed by atoms with E-state index in [1.807, 2.05) is 63.2 Å². The summed E-state index contributed by atoms with van der Waals surface area (Å²) in [6.45, 7) is 6.26. The molecule has 1 amide bonds. The number of para-hydroxylation sites is 3. The third kappa shape index (κ3) is 4.35. The Morgan fingerprint density at radius 2 is 1.84 bits per heavy atom. The minimum absolute atomic E-state index is 0.239. The number of rotatable bonds is 4. The lowest BCUT2D eigenvalue weighted by Gasteiger charge is -2.20. The van der Waals surface area contributed by atoms with Crippen LogP contribution in [0.25, 0.3) is 0 Å². The lowest BCUT2D eigenvalue weighted by Crippen LogP contribution is -2.27. The minimum atomic E-state index is -0.547. The van der Waals surface area contributed by atoms with Crippen molar-refractivity contribution in [2.75, 3.05) is 17.4 Å². The van der Waals surface area contributed by atoms with E-state index < -0.39 is 11.7 Å². The summed E-state index contributed by atoms with van der Waals surface area (Å²) in [7, 11) is 0. The Bertz CT molecular complexity index is 768. The molecule has 1 aliphatic rings. The molecular weight excluding hydrogens is 320 g/mol. The molecule has 0 saturated heterocycles. The van der Waals surface area contributed by atoms with E-state index in [9.17, 15) is 4.79 Å².